The molecule has 0 saturated heterocycles. The fourth-order valence-corrected chi connectivity index (χ4v) is 2.23. The fourth-order valence-electron chi connectivity index (χ4n) is 1.63. The van der Waals surface area contributed by atoms with Gasteiger partial charge in [0, 0.05) is 6.54 Å². The summed E-state index contributed by atoms with van der Waals surface area (Å²) in [7, 11) is 0. The number of anilines is 1. The highest BCUT2D eigenvalue weighted by molar-refractivity contribution is 9.10. The van der Waals surface area contributed by atoms with Gasteiger partial charge in [-0.05, 0) is 40.0 Å². The summed E-state index contributed by atoms with van der Waals surface area (Å²) in [6, 6.07) is 3.91. The van der Waals surface area contributed by atoms with E-state index in [0.717, 1.165) is 16.5 Å². The van der Waals surface area contributed by atoms with E-state index in [1.54, 1.807) is 0 Å². The number of ether oxygens (including phenoxy) is 1. The monoisotopic (exact) mass is 284 g/mol. The second-order valence-corrected chi connectivity index (χ2v) is 4.49. The number of hydrogen-bond donors (Lipinski definition) is 2. The van der Waals surface area contributed by atoms with Crippen molar-refractivity contribution in [2.24, 2.45) is 5.73 Å². The average Bonchev–Trinajstić information content (AvgIpc) is 2.28. The molecule has 1 aromatic rings. The van der Waals surface area contributed by atoms with Crippen molar-refractivity contribution in [3.05, 3.63) is 22.2 Å². The summed E-state index contributed by atoms with van der Waals surface area (Å²) in [6.45, 7) is 2.23. The second kappa shape index (κ2) is 4.43. The SMILES string of the molecule is CCc1cc(Br)c2c(c1)NC(=O)C(CN)O2. The predicted molar refractivity (Wildman–Crippen MR) is 65.6 cm³/mol. The third kappa shape index (κ3) is 1.92. The lowest BCUT2D eigenvalue weighted by Gasteiger charge is -2.26. The number of carbonyl (C=O) groups excluding carboxylic acids is 1. The molecule has 0 aliphatic carbocycles. The third-order valence-electron chi connectivity index (χ3n) is 2.54. The Morgan fingerprint density at radius 2 is 2.31 bits per heavy atom. The lowest BCUT2D eigenvalue weighted by Crippen LogP contribution is -2.42. The summed E-state index contributed by atoms with van der Waals surface area (Å²) in [5.41, 5.74) is 7.30. The highest BCUT2D eigenvalue weighted by Crippen LogP contribution is 2.38. The van der Waals surface area contributed by atoms with Gasteiger partial charge >= 0.3 is 0 Å². The molecule has 16 heavy (non-hydrogen) atoms. The summed E-state index contributed by atoms with van der Waals surface area (Å²) in [5, 5.41) is 2.80. The molecule has 0 spiro atoms. The first-order valence-corrected chi connectivity index (χ1v) is 5.95. The Balaban J connectivity index is 2.42. The average molecular weight is 285 g/mol. The van der Waals surface area contributed by atoms with Crippen LogP contribution in [-0.4, -0.2) is 18.6 Å². The van der Waals surface area contributed by atoms with Gasteiger partial charge in [-0.3, -0.25) is 4.79 Å². The van der Waals surface area contributed by atoms with Crippen LogP contribution in [0.15, 0.2) is 16.6 Å². The zero-order chi connectivity index (χ0) is 11.7. The van der Waals surface area contributed by atoms with Crippen LogP contribution in [0.5, 0.6) is 5.75 Å². The smallest absolute Gasteiger partial charge is 0.266 e. The predicted octanol–water partition coefficient (Wildman–Crippen LogP) is 1.67. The van der Waals surface area contributed by atoms with Crippen molar-refractivity contribution in [2.45, 2.75) is 19.4 Å². The Labute approximate surface area is 102 Å². The Bertz CT molecular complexity index is 434. The summed E-state index contributed by atoms with van der Waals surface area (Å²) < 4.78 is 6.39. The van der Waals surface area contributed by atoms with Crippen LogP contribution in [0.1, 0.15) is 12.5 Å². The zero-order valence-electron chi connectivity index (χ0n) is 8.92. The quantitative estimate of drug-likeness (QED) is 0.868. The zero-order valence-corrected chi connectivity index (χ0v) is 10.5. The lowest BCUT2D eigenvalue weighted by molar-refractivity contribution is -0.123. The van der Waals surface area contributed by atoms with E-state index in [9.17, 15) is 4.79 Å². The molecule has 86 valence electrons. The number of nitrogens with two attached hydrogens (primary N) is 1. The number of hydrogen-bond acceptors (Lipinski definition) is 3. The van der Waals surface area contributed by atoms with Gasteiger partial charge in [-0.1, -0.05) is 6.92 Å². The number of benzene rings is 1. The van der Waals surface area contributed by atoms with E-state index < -0.39 is 6.10 Å². The largest absolute Gasteiger partial charge is 0.476 e. The molecule has 0 radical (unpaired) electrons. The van der Waals surface area contributed by atoms with E-state index >= 15 is 0 Å². The van der Waals surface area contributed by atoms with Crippen molar-refractivity contribution < 1.29 is 9.53 Å². The van der Waals surface area contributed by atoms with E-state index in [-0.39, 0.29) is 12.5 Å². The maximum Gasteiger partial charge on any atom is 0.266 e. The van der Waals surface area contributed by atoms with Crippen LogP contribution in [0.25, 0.3) is 0 Å². The molecule has 5 heteroatoms. The van der Waals surface area contributed by atoms with Gasteiger partial charge in [0.15, 0.2) is 11.9 Å². The van der Waals surface area contributed by atoms with Gasteiger partial charge in [0.05, 0.1) is 10.2 Å². The molecule has 2 rings (SSSR count). The lowest BCUT2D eigenvalue weighted by atomic mass is 10.1. The van der Waals surface area contributed by atoms with Crippen LogP contribution in [0.4, 0.5) is 5.69 Å². The van der Waals surface area contributed by atoms with Gasteiger partial charge in [0.25, 0.3) is 5.91 Å². The van der Waals surface area contributed by atoms with Crippen LogP contribution >= 0.6 is 15.9 Å². The third-order valence-corrected chi connectivity index (χ3v) is 3.13. The summed E-state index contributed by atoms with van der Waals surface area (Å²) in [4.78, 5) is 11.6. The van der Waals surface area contributed by atoms with E-state index in [0.29, 0.717) is 11.4 Å². The molecule has 0 saturated carbocycles. The van der Waals surface area contributed by atoms with Crippen molar-refractivity contribution in [3.8, 4) is 5.75 Å². The molecule has 0 aromatic heterocycles. The first-order chi connectivity index (χ1) is 7.65. The molecular weight excluding hydrogens is 272 g/mol. The molecule has 4 nitrogen and oxygen atoms in total. The molecule has 1 atom stereocenters. The molecule has 0 bridgehead atoms. The van der Waals surface area contributed by atoms with E-state index in [4.69, 9.17) is 10.5 Å². The maximum atomic E-state index is 11.6. The van der Waals surface area contributed by atoms with Gasteiger partial charge in [-0.2, -0.15) is 0 Å². The number of rotatable bonds is 2. The number of fused-ring (bicyclic) bond motifs is 1. The minimum atomic E-state index is -0.601. The van der Waals surface area contributed by atoms with Gasteiger partial charge < -0.3 is 15.8 Å². The highest BCUT2D eigenvalue weighted by atomic mass is 79.9. The van der Waals surface area contributed by atoms with Crippen LogP contribution in [0.3, 0.4) is 0 Å². The summed E-state index contributed by atoms with van der Waals surface area (Å²) in [6.07, 6.45) is 0.304. The molecule has 1 heterocycles. The van der Waals surface area contributed by atoms with Gasteiger partial charge in [0.1, 0.15) is 0 Å². The van der Waals surface area contributed by atoms with E-state index in [1.165, 1.54) is 0 Å². The van der Waals surface area contributed by atoms with Gasteiger partial charge in [0.2, 0.25) is 0 Å². The van der Waals surface area contributed by atoms with Crippen LogP contribution in [0.2, 0.25) is 0 Å². The minimum Gasteiger partial charge on any atom is -0.476 e. The summed E-state index contributed by atoms with van der Waals surface area (Å²) in [5.74, 6) is 0.474. The standard InChI is InChI=1S/C11H13BrN2O2/c1-2-6-3-7(12)10-8(4-6)14-11(15)9(5-13)16-10/h3-4,9H,2,5,13H2,1H3,(H,14,15). The topological polar surface area (TPSA) is 64.4 Å². The molecule has 1 unspecified atom stereocenters. The first-order valence-electron chi connectivity index (χ1n) is 5.15. The second-order valence-electron chi connectivity index (χ2n) is 3.64. The van der Waals surface area contributed by atoms with Gasteiger partial charge in [-0.25, -0.2) is 0 Å². The molecular formula is C11H13BrN2O2. The Morgan fingerprint density at radius 3 is 2.94 bits per heavy atom. The maximum absolute atomic E-state index is 11.6. The van der Waals surface area contributed by atoms with Crippen molar-refractivity contribution in [1.29, 1.82) is 0 Å². The Morgan fingerprint density at radius 1 is 1.56 bits per heavy atom. The minimum absolute atomic E-state index is 0.174. The van der Waals surface area contributed by atoms with E-state index in [1.807, 2.05) is 12.1 Å². The first kappa shape index (κ1) is 11.4. The Hall–Kier alpha value is -1.07. The highest BCUT2D eigenvalue weighted by Gasteiger charge is 2.28. The van der Waals surface area contributed by atoms with Crippen LogP contribution in [0, 0.1) is 0 Å². The number of aryl methyl sites for hydroxylation is 1. The van der Waals surface area contributed by atoms with Crippen molar-refractivity contribution in [1.82, 2.24) is 0 Å². The van der Waals surface area contributed by atoms with Crippen molar-refractivity contribution in [2.75, 3.05) is 11.9 Å². The molecule has 1 aliphatic heterocycles. The molecule has 1 aromatic carbocycles. The number of halogens is 1. The van der Waals surface area contributed by atoms with Crippen LogP contribution in [-0.2, 0) is 11.2 Å². The van der Waals surface area contributed by atoms with E-state index in [2.05, 4.69) is 28.2 Å². The molecule has 1 aliphatic rings. The van der Waals surface area contributed by atoms with Crippen molar-refractivity contribution in [3.63, 3.8) is 0 Å². The van der Waals surface area contributed by atoms with Gasteiger partial charge in [-0.15, -0.1) is 0 Å². The normalized spacial score (nSPS) is 18.7. The Kier molecular flexibility index (Phi) is 3.16. The number of nitrogens with one attached hydrogen (secondary N) is 1. The fraction of sp³-hybridized carbons (Fsp3) is 0.364. The molecule has 0 fully saturated rings. The van der Waals surface area contributed by atoms with Crippen LogP contribution < -0.4 is 15.8 Å². The number of amides is 1. The number of carbonyl (C=O) groups is 1. The van der Waals surface area contributed by atoms with Crippen molar-refractivity contribution >= 4 is 27.5 Å². The molecule has 1 amide bonds. The molecule has 3 N–H and O–H groups in total. The summed E-state index contributed by atoms with van der Waals surface area (Å²) >= 11 is 3.43.